The van der Waals surface area contributed by atoms with Crippen LogP contribution >= 0.6 is 12.2 Å². The monoisotopic (exact) mass is 469 g/mol. The normalized spacial score (nSPS) is 11.1. The van der Waals surface area contributed by atoms with Crippen molar-refractivity contribution in [2.45, 2.75) is 13.5 Å². The average Bonchev–Trinajstić information content (AvgIpc) is 2.77. The SMILES string of the molecule is COC(=O)c1cc(-c2cccc(OC(F)F)c2)nc2c1c(=O)[nH]c(=S)n2-c1cccc(C)c1. The number of carbonyl (C=O) groups is 1. The first-order chi connectivity index (χ1) is 15.8. The van der Waals surface area contributed by atoms with Crippen LogP contribution in [0.5, 0.6) is 5.75 Å². The van der Waals surface area contributed by atoms with Gasteiger partial charge in [-0.25, -0.2) is 9.78 Å². The predicted octanol–water partition coefficient (Wildman–Crippen LogP) is 4.81. The maximum atomic E-state index is 12.8. The Bertz CT molecular complexity index is 1500. The maximum absolute atomic E-state index is 12.8. The Morgan fingerprint density at radius 1 is 1.15 bits per heavy atom. The molecule has 7 nitrogen and oxygen atoms in total. The first-order valence-corrected chi connectivity index (χ1v) is 10.1. The predicted molar refractivity (Wildman–Crippen MR) is 121 cm³/mol. The van der Waals surface area contributed by atoms with Gasteiger partial charge in [-0.2, -0.15) is 8.78 Å². The lowest BCUT2D eigenvalue weighted by Crippen LogP contribution is -2.19. The van der Waals surface area contributed by atoms with Crippen LogP contribution in [0.4, 0.5) is 8.78 Å². The van der Waals surface area contributed by atoms with Crippen LogP contribution in [0.15, 0.2) is 59.4 Å². The number of methoxy groups -OCH3 is 1. The molecule has 2 aromatic carbocycles. The molecule has 4 rings (SSSR count). The average molecular weight is 469 g/mol. The second-order valence-corrected chi connectivity index (χ2v) is 7.47. The van der Waals surface area contributed by atoms with Gasteiger partial charge in [0.15, 0.2) is 10.4 Å². The Kier molecular flexibility index (Phi) is 6.01. The van der Waals surface area contributed by atoms with E-state index in [1.165, 1.54) is 35.9 Å². The number of rotatable bonds is 5. The molecule has 0 atom stereocenters. The summed E-state index contributed by atoms with van der Waals surface area (Å²) in [7, 11) is 1.19. The van der Waals surface area contributed by atoms with Gasteiger partial charge in [0.25, 0.3) is 5.56 Å². The summed E-state index contributed by atoms with van der Waals surface area (Å²) in [6, 6.07) is 14.6. The van der Waals surface area contributed by atoms with Crippen LogP contribution < -0.4 is 10.3 Å². The molecular weight excluding hydrogens is 452 g/mol. The number of hydrogen-bond donors (Lipinski definition) is 1. The summed E-state index contributed by atoms with van der Waals surface area (Å²) in [5.74, 6) is -0.840. The van der Waals surface area contributed by atoms with Crippen molar-refractivity contribution in [1.82, 2.24) is 14.5 Å². The molecule has 2 aromatic heterocycles. The lowest BCUT2D eigenvalue weighted by atomic mass is 10.1. The number of aromatic nitrogens is 3. The molecule has 0 aliphatic heterocycles. The number of esters is 1. The van der Waals surface area contributed by atoms with Crippen LogP contribution in [-0.4, -0.2) is 34.2 Å². The topological polar surface area (TPSA) is 86.2 Å². The summed E-state index contributed by atoms with van der Waals surface area (Å²) in [4.78, 5) is 32.6. The van der Waals surface area contributed by atoms with Crippen molar-refractivity contribution in [3.8, 4) is 22.7 Å². The Hall–Kier alpha value is -3.92. The Labute approximate surface area is 191 Å². The molecule has 0 unspecified atom stereocenters. The fourth-order valence-corrected chi connectivity index (χ4v) is 3.77. The summed E-state index contributed by atoms with van der Waals surface area (Å²) >= 11 is 5.41. The molecule has 1 N–H and O–H groups in total. The van der Waals surface area contributed by atoms with Gasteiger partial charge in [0.1, 0.15) is 5.75 Å². The van der Waals surface area contributed by atoms with Crippen LogP contribution in [0.2, 0.25) is 0 Å². The standard InChI is InChI=1S/C23H17F2N3O4S/c1-12-5-3-7-14(9-12)28-19-18(20(29)27-23(28)33)16(21(30)31-2)11-17(26-19)13-6-4-8-15(10-13)32-22(24)25/h3-11,22H,1-2H3,(H,27,29,33). The molecule has 0 saturated carbocycles. The largest absolute Gasteiger partial charge is 0.465 e. The van der Waals surface area contributed by atoms with E-state index in [1.807, 2.05) is 25.1 Å². The number of nitrogens with zero attached hydrogens (tertiary/aromatic N) is 2. The van der Waals surface area contributed by atoms with E-state index in [0.717, 1.165) is 5.56 Å². The minimum Gasteiger partial charge on any atom is -0.465 e. The summed E-state index contributed by atoms with van der Waals surface area (Å²) in [6.07, 6.45) is 0. The van der Waals surface area contributed by atoms with Crippen molar-refractivity contribution in [1.29, 1.82) is 0 Å². The van der Waals surface area contributed by atoms with Crippen LogP contribution in [-0.2, 0) is 4.74 Å². The van der Waals surface area contributed by atoms with Gasteiger partial charge in [-0.15, -0.1) is 0 Å². The zero-order valence-corrected chi connectivity index (χ0v) is 18.3. The number of aryl methyl sites for hydroxylation is 1. The number of nitrogens with one attached hydrogen (secondary N) is 1. The smallest absolute Gasteiger partial charge is 0.387 e. The Balaban J connectivity index is 2.09. The number of pyridine rings is 1. The van der Waals surface area contributed by atoms with Gasteiger partial charge in [-0.1, -0.05) is 24.3 Å². The van der Waals surface area contributed by atoms with Crippen molar-refractivity contribution in [2.75, 3.05) is 7.11 Å². The fraction of sp³-hybridized carbons (Fsp3) is 0.130. The van der Waals surface area contributed by atoms with Crippen LogP contribution in [0.1, 0.15) is 15.9 Å². The Morgan fingerprint density at radius 3 is 2.61 bits per heavy atom. The van der Waals surface area contributed by atoms with E-state index in [-0.39, 0.29) is 32.8 Å². The minimum absolute atomic E-state index is 0.0132. The van der Waals surface area contributed by atoms with Crippen molar-refractivity contribution < 1.29 is 23.0 Å². The number of carbonyl (C=O) groups excluding carboxylic acids is 1. The molecule has 0 bridgehead atoms. The molecule has 10 heteroatoms. The zero-order valence-electron chi connectivity index (χ0n) is 17.5. The number of aromatic amines is 1. The van der Waals surface area contributed by atoms with Gasteiger partial charge in [-0.05, 0) is 55.0 Å². The molecule has 0 fully saturated rings. The van der Waals surface area contributed by atoms with Gasteiger partial charge in [-0.3, -0.25) is 14.3 Å². The molecular formula is C23H17F2N3O4S. The fourth-order valence-electron chi connectivity index (χ4n) is 3.49. The quantitative estimate of drug-likeness (QED) is 0.334. The van der Waals surface area contributed by atoms with Gasteiger partial charge >= 0.3 is 12.6 Å². The number of fused-ring (bicyclic) bond motifs is 1. The highest BCUT2D eigenvalue weighted by molar-refractivity contribution is 7.71. The molecule has 0 aliphatic carbocycles. The zero-order chi connectivity index (χ0) is 23.7. The number of halogens is 2. The summed E-state index contributed by atoms with van der Waals surface area (Å²) in [6.45, 7) is -1.10. The summed E-state index contributed by atoms with van der Waals surface area (Å²) in [5.41, 5.74) is 1.66. The molecule has 2 heterocycles. The summed E-state index contributed by atoms with van der Waals surface area (Å²) < 4.78 is 36.4. The first kappa shape index (κ1) is 22.3. The van der Waals surface area contributed by atoms with Crippen molar-refractivity contribution in [3.63, 3.8) is 0 Å². The van der Waals surface area contributed by atoms with E-state index in [1.54, 1.807) is 12.1 Å². The molecule has 168 valence electrons. The van der Waals surface area contributed by atoms with E-state index in [0.29, 0.717) is 11.3 Å². The highest BCUT2D eigenvalue weighted by Gasteiger charge is 2.21. The number of H-pyrrole nitrogens is 1. The maximum Gasteiger partial charge on any atom is 0.387 e. The second kappa shape index (κ2) is 8.91. The second-order valence-electron chi connectivity index (χ2n) is 7.09. The van der Waals surface area contributed by atoms with Crippen LogP contribution in [0.3, 0.4) is 0 Å². The van der Waals surface area contributed by atoms with E-state index in [2.05, 4.69) is 14.7 Å². The van der Waals surface area contributed by atoms with E-state index in [9.17, 15) is 18.4 Å². The minimum atomic E-state index is -3.00. The van der Waals surface area contributed by atoms with Crippen molar-refractivity contribution in [3.05, 3.63) is 80.8 Å². The van der Waals surface area contributed by atoms with Gasteiger partial charge in [0.05, 0.1) is 29.4 Å². The molecule has 4 aromatic rings. The van der Waals surface area contributed by atoms with Crippen LogP contribution in [0, 0.1) is 11.7 Å². The van der Waals surface area contributed by atoms with Crippen LogP contribution in [0.25, 0.3) is 28.0 Å². The third-order valence-corrected chi connectivity index (χ3v) is 5.17. The van der Waals surface area contributed by atoms with Gasteiger partial charge in [0, 0.05) is 5.56 Å². The molecule has 0 saturated heterocycles. The highest BCUT2D eigenvalue weighted by atomic mass is 32.1. The number of alkyl halides is 2. The third kappa shape index (κ3) is 4.37. The number of ether oxygens (including phenoxy) is 2. The van der Waals surface area contributed by atoms with Crippen molar-refractivity contribution in [2.24, 2.45) is 0 Å². The molecule has 0 radical (unpaired) electrons. The van der Waals surface area contributed by atoms with E-state index < -0.39 is 18.1 Å². The van der Waals surface area contributed by atoms with E-state index >= 15 is 0 Å². The molecule has 0 aliphatic rings. The highest BCUT2D eigenvalue weighted by Crippen LogP contribution is 2.28. The molecule has 0 spiro atoms. The van der Waals surface area contributed by atoms with E-state index in [4.69, 9.17) is 17.0 Å². The summed E-state index contributed by atoms with van der Waals surface area (Å²) in [5, 5.41) is -0.0132. The van der Waals surface area contributed by atoms with Gasteiger partial charge < -0.3 is 9.47 Å². The van der Waals surface area contributed by atoms with Gasteiger partial charge in [0.2, 0.25) is 0 Å². The lowest BCUT2D eigenvalue weighted by Gasteiger charge is -2.15. The molecule has 0 amide bonds. The number of hydrogen-bond acceptors (Lipinski definition) is 6. The Morgan fingerprint density at radius 2 is 1.91 bits per heavy atom. The molecule has 33 heavy (non-hydrogen) atoms. The third-order valence-electron chi connectivity index (χ3n) is 4.88. The van der Waals surface area contributed by atoms with Crippen molar-refractivity contribution >= 4 is 29.2 Å². The lowest BCUT2D eigenvalue weighted by molar-refractivity contribution is -0.0498. The number of benzene rings is 2. The first-order valence-electron chi connectivity index (χ1n) is 9.69.